The van der Waals surface area contributed by atoms with E-state index in [0.717, 1.165) is 26.7 Å². The molecular formula is C32H24BrNO4. The number of hydrogen-bond acceptors (Lipinski definition) is 4. The van der Waals surface area contributed by atoms with Crippen LogP contribution in [-0.2, 0) is 6.61 Å². The molecule has 4 aromatic carbocycles. The number of benzene rings is 4. The van der Waals surface area contributed by atoms with E-state index in [4.69, 9.17) is 9.15 Å². The Labute approximate surface area is 228 Å². The summed E-state index contributed by atoms with van der Waals surface area (Å²) >= 11 is 3.51. The molecule has 0 saturated carbocycles. The first-order valence-corrected chi connectivity index (χ1v) is 13.1. The van der Waals surface area contributed by atoms with E-state index in [-0.39, 0.29) is 17.1 Å². The van der Waals surface area contributed by atoms with Gasteiger partial charge in [-0.05, 0) is 78.6 Å². The summed E-state index contributed by atoms with van der Waals surface area (Å²) in [5.41, 5.74) is 5.10. The Kier molecular flexibility index (Phi) is 6.12. The average molecular weight is 566 g/mol. The zero-order chi connectivity index (χ0) is 26.4. The highest BCUT2D eigenvalue weighted by Crippen LogP contribution is 2.42. The number of nitrogens with zero attached hydrogens (tertiary/aromatic N) is 1. The minimum atomic E-state index is -0.641. The molecule has 2 heterocycles. The van der Waals surface area contributed by atoms with Crippen LogP contribution in [0.5, 0.6) is 5.75 Å². The van der Waals surface area contributed by atoms with E-state index in [0.29, 0.717) is 34.6 Å². The molecule has 188 valence electrons. The number of halogens is 1. The van der Waals surface area contributed by atoms with E-state index in [2.05, 4.69) is 15.9 Å². The fourth-order valence-corrected chi connectivity index (χ4v) is 5.31. The van der Waals surface area contributed by atoms with Gasteiger partial charge in [0.25, 0.3) is 5.91 Å². The molecule has 1 aromatic heterocycles. The van der Waals surface area contributed by atoms with Gasteiger partial charge in [-0.25, -0.2) is 0 Å². The van der Waals surface area contributed by atoms with E-state index in [9.17, 15) is 9.59 Å². The predicted molar refractivity (Wildman–Crippen MR) is 152 cm³/mol. The van der Waals surface area contributed by atoms with Crippen LogP contribution in [0.25, 0.3) is 11.0 Å². The predicted octanol–water partition coefficient (Wildman–Crippen LogP) is 7.50. The highest BCUT2D eigenvalue weighted by atomic mass is 79.9. The molecule has 1 aliphatic rings. The van der Waals surface area contributed by atoms with Crippen molar-refractivity contribution in [2.75, 3.05) is 4.90 Å². The van der Waals surface area contributed by atoms with Crippen molar-refractivity contribution in [3.05, 3.63) is 139 Å². The SMILES string of the molecule is Cc1cc2oc3c(c(=O)c2cc1C)C(c1ccc(OCc2ccccc2)cc1)N(c1cccc(Br)c1)C3=O. The summed E-state index contributed by atoms with van der Waals surface area (Å²) in [5.74, 6) is 0.442. The second kappa shape index (κ2) is 9.62. The summed E-state index contributed by atoms with van der Waals surface area (Å²) in [6, 6.07) is 28.0. The van der Waals surface area contributed by atoms with Gasteiger partial charge in [0.05, 0.1) is 17.0 Å². The first-order chi connectivity index (χ1) is 18.4. The zero-order valence-electron chi connectivity index (χ0n) is 20.9. The van der Waals surface area contributed by atoms with Gasteiger partial charge in [-0.2, -0.15) is 0 Å². The molecule has 6 heteroatoms. The van der Waals surface area contributed by atoms with Crippen molar-refractivity contribution in [3.63, 3.8) is 0 Å². The summed E-state index contributed by atoms with van der Waals surface area (Å²) < 4.78 is 12.9. The minimum Gasteiger partial charge on any atom is -0.489 e. The van der Waals surface area contributed by atoms with Crippen LogP contribution in [-0.4, -0.2) is 5.91 Å². The van der Waals surface area contributed by atoms with Gasteiger partial charge in [0.2, 0.25) is 5.76 Å². The summed E-state index contributed by atoms with van der Waals surface area (Å²) in [4.78, 5) is 29.4. The van der Waals surface area contributed by atoms with Crippen LogP contribution in [0, 0.1) is 13.8 Å². The van der Waals surface area contributed by atoms with Gasteiger partial charge in [0, 0.05) is 10.2 Å². The van der Waals surface area contributed by atoms with E-state index in [1.165, 1.54) is 0 Å². The van der Waals surface area contributed by atoms with E-state index in [1.807, 2.05) is 105 Å². The first kappa shape index (κ1) is 24.2. The molecule has 0 fully saturated rings. The van der Waals surface area contributed by atoms with Crippen molar-refractivity contribution in [2.24, 2.45) is 0 Å². The van der Waals surface area contributed by atoms with E-state index >= 15 is 0 Å². The van der Waals surface area contributed by atoms with Crippen molar-refractivity contribution < 1.29 is 13.9 Å². The molecule has 1 unspecified atom stereocenters. The molecule has 1 aliphatic heterocycles. The maximum Gasteiger partial charge on any atom is 0.295 e. The van der Waals surface area contributed by atoms with Gasteiger partial charge in [-0.3, -0.25) is 14.5 Å². The lowest BCUT2D eigenvalue weighted by atomic mass is 9.97. The van der Waals surface area contributed by atoms with Crippen LogP contribution in [0.2, 0.25) is 0 Å². The second-order valence-corrected chi connectivity index (χ2v) is 10.4. The van der Waals surface area contributed by atoms with Crippen LogP contribution in [0.15, 0.2) is 105 Å². The molecule has 0 bridgehead atoms. The fraction of sp³-hybridized carbons (Fsp3) is 0.125. The maximum atomic E-state index is 13.9. The number of carbonyl (C=O) groups is 1. The molecule has 0 saturated heterocycles. The topological polar surface area (TPSA) is 59.8 Å². The number of anilines is 1. The monoisotopic (exact) mass is 565 g/mol. The number of rotatable bonds is 5. The molecule has 0 N–H and O–H groups in total. The largest absolute Gasteiger partial charge is 0.489 e. The fourth-order valence-electron chi connectivity index (χ4n) is 4.92. The molecule has 0 radical (unpaired) electrons. The number of carbonyl (C=O) groups excluding carboxylic acids is 1. The number of amides is 1. The average Bonchev–Trinajstić information content (AvgIpc) is 3.22. The quantitative estimate of drug-likeness (QED) is 0.221. The van der Waals surface area contributed by atoms with E-state index < -0.39 is 6.04 Å². The third-order valence-corrected chi connectivity index (χ3v) is 7.51. The molecule has 38 heavy (non-hydrogen) atoms. The zero-order valence-corrected chi connectivity index (χ0v) is 22.5. The molecule has 1 amide bonds. The smallest absolute Gasteiger partial charge is 0.295 e. The summed E-state index contributed by atoms with van der Waals surface area (Å²) in [6.07, 6.45) is 0. The Balaban J connectivity index is 1.46. The van der Waals surface area contributed by atoms with Crippen molar-refractivity contribution in [2.45, 2.75) is 26.5 Å². The van der Waals surface area contributed by atoms with Gasteiger partial charge in [-0.1, -0.05) is 64.5 Å². The molecule has 0 aliphatic carbocycles. The van der Waals surface area contributed by atoms with Crippen LogP contribution < -0.4 is 15.1 Å². The highest BCUT2D eigenvalue weighted by molar-refractivity contribution is 9.10. The van der Waals surface area contributed by atoms with Crippen molar-refractivity contribution in [1.29, 1.82) is 0 Å². The van der Waals surface area contributed by atoms with Crippen molar-refractivity contribution in [1.82, 2.24) is 0 Å². The number of aryl methyl sites for hydroxylation is 2. The van der Waals surface area contributed by atoms with Gasteiger partial charge >= 0.3 is 0 Å². The lowest BCUT2D eigenvalue weighted by molar-refractivity contribution is 0.0971. The van der Waals surface area contributed by atoms with Crippen LogP contribution in [0.1, 0.15) is 44.4 Å². The van der Waals surface area contributed by atoms with Crippen LogP contribution >= 0.6 is 15.9 Å². The third kappa shape index (κ3) is 4.21. The number of fused-ring (bicyclic) bond motifs is 2. The van der Waals surface area contributed by atoms with Gasteiger partial charge in [-0.15, -0.1) is 0 Å². The van der Waals surface area contributed by atoms with Gasteiger partial charge in [0.15, 0.2) is 5.43 Å². The van der Waals surface area contributed by atoms with Gasteiger partial charge in [0.1, 0.15) is 17.9 Å². The summed E-state index contributed by atoms with van der Waals surface area (Å²) in [7, 11) is 0. The molecule has 6 rings (SSSR count). The first-order valence-electron chi connectivity index (χ1n) is 12.3. The maximum absolute atomic E-state index is 13.9. The Morgan fingerprint density at radius 2 is 1.61 bits per heavy atom. The minimum absolute atomic E-state index is 0.0835. The molecule has 1 atom stereocenters. The molecule has 5 aromatic rings. The van der Waals surface area contributed by atoms with E-state index in [1.54, 1.807) is 4.90 Å². The van der Waals surface area contributed by atoms with Crippen molar-refractivity contribution >= 4 is 38.5 Å². The molecule has 0 spiro atoms. The Morgan fingerprint density at radius 3 is 2.34 bits per heavy atom. The van der Waals surface area contributed by atoms with Crippen molar-refractivity contribution in [3.8, 4) is 5.75 Å². The highest BCUT2D eigenvalue weighted by Gasteiger charge is 2.43. The second-order valence-electron chi connectivity index (χ2n) is 9.51. The Hall–Kier alpha value is -4.16. The summed E-state index contributed by atoms with van der Waals surface area (Å²) in [6.45, 7) is 4.37. The lowest BCUT2D eigenvalue weighted by Crippen LogP contribution is -2.29. The van der Waals surface area contributed by atoms with Crippen LogP contribution in [0.3, 0.4) is 0 Å². The van der Waals surface area contributed by atoms with Crippen LogP contribution in [0.4, 0.5) is 5.69 Å². The van der Waals surface area contributed by atoms with Gasteiger partial charge < -0.3 is 9.15 Å². The summed E-state index contributed by atoms with van der Waals surface area (Å²) in [5, 5.41) is 0.476. The lowest BCUT2D eigenvalue weighted by Gasteiger charge is -2.25. The molecule has 5 nitrogen and oxygen atoms in total. The third-order valence-electron chi connectivity index (χ3n) is 7.02. The molecular weight excluding hydrogens is 542 g/mol. The standard InChI is InChI=1S/C32H24BrNO4/c1-19-15-26-27(16-20(19)2)38-31-28(30(26)35)29(34(32(31)36)24-10-6-9-23(33)17-24)22-11-13-25(14-12-22)37-18-21-7-4-3-5-8-21/h3-17,29H,18H2,1-2H3. The Morgan fingerprint density at radius 1 is 0.868 bits per heavy atom. The number of ether oxygens (including phenoxy) is 1. The normalized spacial score (nSPS) is 14.7. The Bertz CT molecular complexity index is 1740. The number of hydrogen-bond donors (Lipinski definition) is 0.